The maximum Gasteiger partial charge on any atom is 0.0447 e. The first kappa shape index (κ1) is 12.4. The van der Waals surface area contributed by atoms with Crippen molar-refractivity contribution in [1.29, 1.82) is 0 Å². The lowest BCUT2D eigenvalue weighted by Crippen LogP contribution is -2.34. The average molecular weight is 233 g/mol. The molecule has 0 aromatic carbocycles. The summed E-state index contributed by atoms with van der Waals surface area (Å²) in [6, 6.07) is 2.89. The zero-order valence-corrected chi connectivity index (χ0v) is 10.9. The summed E-state index contributed by atoms with van der Waals surface area (Å²) in [5.41, 5.74) is 9.37. The second-order valence-electron chi connectivity index (χ2n) is 4.88. The molecular formula is C14H23N3. The van der Waals surface area contributed by atoms with Crippen molar-refractivity contribution in [1.82, 2.24) is 4.98 Å². The van der Waals surface area contributed by atoms with Crippen molar-refractivity contribution in [3.8, 4) is 0 Å². The summed E-state index contributed by atoms with van der Waals surface area (Å²) in [6.45, 7) is 5.91. The third kappa shape index (κ3) is 2.60. The molecule has 1 aromatic heterocycles. The van der Waals surface area contributed by atoms with E-state index in [9.17, 15) is 0 Å². The highest BCUT2D eigenvalue weighted by molar-refractivity contribution is 5.54. The lowest BCUT2D eigenvalue weighted by atomic mass is 10.1. The number of aromatic nitrogens is 1. The van der Waals surface area contributed by atoms with E-state index in [0.29, 0.717) is 12.6 Å². The number of rotatable bonds is 4. The van der Waals surface area contributed by atoms with Crippen molar-refractivity contribution in [2.45, 2.75) is 52.1 Å². The Morgan fingerprint density at radius 1 is 1.41 bits per heavy atom. The summed E-state index contributed by atoms with van der Waals surface area (Å²) in [7, 11) is 0. The van der Waals surface area contributed by atoms with Gasteiger partial charge < -0.3 is 10.6 Å². The van der Waals surface area contributed by atoms with Crippen LogP contribution < -0.4 is 10.6 Å². The minimum atomic E-state index is 0.575. The van der Waals surface area contributed by atoms with Gasteiger partial charge in [0, 0.05) is 42.3 Å². The molecule has 0 unspecified atom stereocenters. The molecule has 1 heterocycles. The van der Waals surface area contributed by atoms with Crippen LogP contribution in [0.3, 0.4) is 0 Å². The Morgan fingerprint density at radius 3 is 2.71 bits per heavy atom. The van der Waals surface area contributed by atoms with Gasteiger partial charge in [0.1, 0.15) is 0 Å². The van der Waals surface area contributed by atoms with Gasteiger partial charge in [0.2, 0.25) is 0 Å². The Balaban J connectivity index is 2.31. The van der Waals surface area contributed by atoms with Crippen molar-refractivity contribution in [2.75, 3.05) is 11.4 Å². The number of anilines is 1. The molecule has 0 atom stereocenters. The topological polar surface area (TPSA) is 42.2 Å². The molecule has 17 heavy (non-hydrogen) atoms. The first-order valence-electron chi connectivity index (χ1n) is 6.68. The molecule has 3 nitrogen and oxygen atoms in total. The van der Waals surface area contributed by atoms with E-state index < -0.39 is 0 Å². The molecule has 0 bridgehead atoms. The van der Waals surface area contributed by atoms with E-state index in [2.05, 4.69) is 22.9 Å². The Labute approximate surface area is 104 Å². The highest BCUT2D eigenvalue weighted by atomic mass is 15.2. The van der Waals surface area contributed by atoms with Gasteiger partial charge in [-0.1, -0.05) is 12.8 Å². The summed E-state index contributed by atoms with van der Waals surface area (Å²) in [5.74, 6) is 0. The summed E-state index contributed by atoms with van der Waals surface area (Å²) >= 11 is 0. The highest BCUT2D eigenvalue weighted by Gasteiger charge is 2.23. The third-order valence-electron chi connectivity index (χ3n) is 3.73. The molecule has 1 fully saturated rings. The summed E-state index contributed by atoms with van der Waals surface area (Å²) in [6.07, 6.45) is 7.30. The van der Waals surface area contributed by atoms with E-state index in [4.69, 9.17) is 5.73 Å². The smallest absolute Gasteiger partial charge is 0.0447 e. The molecule has 2 rings (SSSR count). The van der Waals surface area contributed by atoms with E-state index in [1.54, 1.807) is 0 Å². The quantitative estimate of drug-likeness (QED) is 0.869. The number of hydrogen-bond acceptors (Lipinski definition) is 3. The van der Waals surface area contributed by atoms with Crippen LogP contribution in [0.1, 0.15) is 43.9 Å². The van der Waals surface area contributed by atoms with Crippen LogP contribution in [0.15, 0.2) is 12.3 Å². The molecule has 94 valence electrons. The van der Waals surface area contributed by atoms with Crippen molar-refractivity contribution < 1.29 is 0 Å². The predicted octanol–water partition coefficient (Wildman–Crippen LogP) is 2.62. The monoisotopic (exact) mass is 233 g/mol. The van der Waals surface area contributed by atoms with Crippen LogP contribution in [0.5, 0.6) is 0 Å². The molecule has 0 saturated heterocycles. The number of nitrogens with two attached hydrogens (primary N) is 1. The molecule has 0 aliphatic heterocycles. The first-order valence-corrected chi connectivity index (χ1v) is 6.68. The van der Waals surface area contributed by atoms with Gasteiger partial charge >= 0.3 is 0 Å². The Kier molecular flexibility index (Phi) is 4.00. The summed E-state index contributed by atoms with van der Waals surface area (Å²) < 4.78 is 0. The van der Waals surface area contributed by atoms with Gasteiger partial charge in [-0.3, -0.25) is 4.98 Å². The van der Waals surface area contributed by atoms with E-state index in [1.807, 2.05) is 13.1 Å². The molecule has 0 amide bonds. The molecule has 0 spiro atoms. The average Bonchev–Trinajstić information content (AvgIpc) is 2.84. The Hall–Kier alpha value is -1.09. The number of pyridine rings is 1. The third-order valence-corrected chi connectivity index (χ3v) is 3.73. The number of hydrogen-bond donors (Lipinski definition) is 1. The highest BCUT2D eigenvalue weighted by Crippen LogP contribution is 2.30. The van der Waals surface area contributed by atoms with E-state index in [-0.39, 0.29) is 0 Å². The maximum absolute atomic E-state index is 5.83. The fourth-order valence-corrected chi connectivity index (χ4v) is 2.84. The van der Waals surface area contributed by atoms with E-state index in [0.717, 1.165) is 12.2 Å². The van der Waals surface area contributed by atoms with Crippen molar-refractivity contribution in [3.05, 3.63) is 23.5 Å². The predicted molar refractivity (Wildman–Crippen MR) is 72.1 cm³/mol. The molecule has 2 N–H and O–H groups in total. The van der Waals surface area contributed by atoms with Crippen LogP contribution in [0.25, 0.3) is 0 Å². The SMILES string of the molecule is CCN(c1cc(C)ncc1CN)C1CCCC1. The normalized spacial score (nSPS) is 16.4. The van der Waals surface area contributed by atoms with E-state index in [1.165, 1.54) is 36.9 Å². The molecule has 1 aliphatic carbocycles. The van der Waals surface area contributed by atoms with Gasteiger partial charge in [0.15, 0.2) is 0 Å². The zero-order chi connectivity index (χ0) is 12.3. The number of nitrogens with zero attached hydrogens (tertiary/aromatic N) is 2. The van der Waals surface area contributed by atoms with Gasteiger partial charge in [0.05, 0.1) is 0 Å². The molecule has 0 radical (unpaired) electrons. The van der Waals surface area contributed by atoms with Crippen LogP contribution in [-0.2, 0) is 6.54 Å². The molecule has 1 saturated carbocycles. The zero-order valence-electron chi connectivity index (χ0n) is 10.9. The lowest BCUT2D eigenvalue weighted by molar-refractivity contribution is 0.616. The van der Waals surface area contributed by atoms with Crippen molar-refractivity contribution >= 4 is 5.69 Å². The molecule has 1 aromatic rings. The summed E-state index contributed by atoms with van der Waals surface area (Å²) in [4.78, 5) is 6.86. The van der Waals surface area contributed by atoms with Crippen LogP contribution in [0, 0.1) is 6.92 Å². The second kappa shape index (κ2) is 5.50. The summed E-state index contributed by atoms with van der Waals surface area (Å²) in [5, 5.41) is 0. The minimum absolute atomic E-state index is 0.575. The molecular weight excluding hydrogens is 210 g/mol. The van der Waals surface area contributed by atoms with Gasteiger partial charge in [-0.2, -0.15) is 0 Å². The van der Waals surface area contributed by atoms with Crippen molar-refractivity contribution in [2.24, 2.45) is 5.73 Å². The second-order valence-corrected chi connectivity index (χ2v) is 4.88. The first-order chi connectivity index (χ1) is 8.26. The Bertz CT molecular complexity index is 370. The van der Waals surface area contributed by atoms with Crippen LogP contribution in [0.4, 0.5) is 5.69 Å². The minimum Gasteiger partial charge on any atom is -0.368 e. The van der Waals surface area contributed by atoms with Gasteiger partial charge in [-0.05, 0) is 32.8 Å². The van der Waals surface area contributed by atoms with Gasteiger partial charge in [-0.15, -0.1) is 0 Å². The fraction of sp³-hybridized carbons (Fsp3) is 0.643. The van der Waals surface area contributed by atoms with Gasteiger partial charge in [-0.25, -0.2) is 0 Å². The Morgan fingerprint density at radius 2 is 2.12 bits per heavy atom. The fourth-order valence-electron chi connectivity index (χ4n) is 2.84. The maximum atomic E-state index is 5.83. The lowest BCUT2D eigenvalue weighted by Gasteiger charge is -2.31. The molecule has 3 heteroatoms. The number of aryl methyl sites for hydroxylation is 1. The largest absolute Gasteiger partial charge is 0.368 e. The van der Waals surface area contributed by atoms with Crippen LogP contribution in [-0.4, -0.2) is 17.6 Å². The van der Waals surface area contributed by atoms with Crippen LogP contribution >= 0.6 is 0 Å². The molecule has 1 aliphatic rings. The standard InChI is InChI=1S/C14H23N3/c1-3-17(13-6-4-5-7-13)14-8-11(2)16-10-12(14)9-15/h8,10,13H,3-7,9,15H2,1-2H3. The van der Waals surface area contributed by atoms with Gasteiger partial charge in [0.25, 0.3) is 0 Å². The van der Waals surface area contributed by atoms with Crippen molar-refractivity contribution in [3.63, 3.8) is 0 Å². The van der Waals surface area contributed by atoms with Crippen LogP contribution in [0.2, 0.25) is 0 Å². The van der Waals surface area contributed by atoms with E-state index >= 15 is 0 Å².